The number of carbonyl (C=O) groups is 1. The second kappa shape index (κ2) is 7.45. The summed E-state index contributed by atoms with van der Waals surface area (Å²) in [7, 11) is 0. The van der Waals surface area contributed by atoms with Gasteiger partial charge in [-0.05, 0) is 91.8 Å². The van der Waals surface area contributed by atoms with Crippen molar-refractivity contribution in [2.75, 3.05) is 6.61 Å². The molecule has 0 aromatic rings. The van der Waals surface area contributed by atoms with Crippen molar-refractivity contribution in [1.29, 1.82) is 0 Å². The summed E-state index contributed by atoms with van der Waals surface area (Å²) < 4.78 is 12.2. The number of hydrogen-bond acceptors (Lipinski definition) is 4. The molecule has 0 amide bonds. The molecule has 4 heteroatoms. The Kier molecular flexibility index (Phi) is 5.44. The molecular formula is C29H48O4. The molecule has 0 radical (unpaired) electrons. The highest BCUT2D eigenvalue weighted by atomic mass is 16.6. The lowest BCUT2D eigenvalue weighted by molar-refractivity contribution is -0.259. The molecule has 11 atom stereocenters. The van der Waals surface area contributed by atoms with E-state index in [4.69, 9.17) is 9.47 Å². The van der Waals surface area contributed by atoms with Gasteiger partial charge in [-0.1, -0.05) is 47.5 Å². The maximum atomic E-state index is 12.4. The molecule has 188 valence electrons. The van der Waals surface area contributed by atoms with Crippen LogP contribution in [0, 0.1) is 51.2 Å². The highest BCUT2D eigenvalue weighted by Crippen LogP contribution is 2.75. The summed E-state index contributed by atoms with van der Waals surface area (Å²) in [5.74, 6) is 0.990. The first-order valence-electron chi connectivity index (χ1n) is 13.9. The monoisotopic (exact) mass is 460 g/mol. The highest BCUT2D eigenvalue weighted by molar-refractivity contribution is 5.66. The van der Waals surface area contributed by atoms with E-state index in [1.807, 2.05) is 6.92 Å². The van der Waals surface area contributed by atoms with E-state index >= 15 is 0 Å². The third kappa shape index (κ3) is 3.11. The van der Waals surface area contributed by atoms with Gasteiger partial charge in [0, 0.05) is 18.3 Å². The number of esters is 1. The molecule has 0 aromatic heterocycles. The minimum Gasteiger partial charge on any atom is -0.462 e. The summed E-state index contributed by atoms with van der Waals surface area (Å²) in [5, 5.41) is 11.0. The van der Waals surface area contributed by atoms with Crippen molar-refractivity contribution >= 4 is 5.97 Å². The van der Waals surface area contributed by atoms with Crippen LogP contribution in [0.5, 0.6) is 0 Å². The fourth-order valence-corrected chi connectivity index (χ4v) is 11.1. The number of carbonyl (C=O) groups excluding carboxylic acids is 1. The summed E-state index contributed by atoms with van der Waals surface area (Å²) in [6, 6.07) is 0. The van der Waals surface area contributed by atoms with Gasteiger partial charge in [0.2, 0.25) is 0 Å². The minimum absolute atomic E-state index is 0.0891. The van der Waals surface area contributed by atoms with Crippen LogP contribution in [0.2, 0.25) is 0 Å². The molecule has 4 nitrogen and oxygen atoms in total. The number of rotatable bonds is 2. The van der Waals surface area contributed by atoms with Gasteiger partial charge in [0.1, 0.15) is 6.10 Å². The third-order valence-corrected chi connectivity index (χ3v) is 12.8. The summed E-state index contributed by atoms with van der Waals surface area (Å²) in [6.07, 6.45) is 10.9. The topological polar surface area (TPSA) is 55.8 Å². The highest BCUT2D eigenvalue weighted by Gasteiger charge is 2.71. The lowest BCUT2D eigenvalue weighted by Gasteiger charge is -2.71. The standard InChI is InChI=1S/C29H48O4/c1-8-25(3)13-9-14-26(4)21(25)12-15-27(5)22-11-10-19-20(17-32-29(19,7)31)28(22,6)24(16-23(26)27)33-18(2)30/h19-24,31H,8-17H2,1-7H3/t19?,20-,21-,22-,23+,24-,25-,26-,27-,28+,29-/m0/s1. The van der Waals surface area contributed by atoms with Crippen LogP contribution in [0.3, 0.4) is 0 Å². The largest absolute Gasteiger partial charge is 0.462 e. The van der Waals surface area contributed by atoms with Gasteiger partial charge in [-0.15, -0.1) is 0 Å². The molecule has 1 saturated heterocycles. The van der Waals surface area contributed by atoms with Crippen LogP contribution in [0.25, 0.3) is 0 Å². The average Bonchev–Trinajstić information content (AvgIpc) is 3.04. The van der Waals surface area contributed by atoms with Gasteiger partial charge in [-0.25, -0.2) is 0 Å². The molecular weight excluding hydrogens is 412 g/mol. The van der Waals surface area contributed by atoms with E-state index in [0.717, 1.165) is 25.2 Å². The minimum atomic E-state index is -1.06. The van der Waals surface area contributed by atoms with Crippen molar-refractivity contribution in [3.05, 3.63) is 0 Å². The van der Waals surface area contributed by atoms with Crippen molar-refractivity contribution in [2.45, 2.75) is 118 Å². The molecule has 33 heavy (non-hydrogen) atoms. The lowest BCUT2D eigenvalue weighted by Crippen LogP contribution is -2.68. The fraction of sp³-hybridized carbons (Fsp3) is 0.966. The molecule has 5 rings (SSSR count). The van der Waals surface area contributed by atoms with Gasteiger partial charge in [-0.2, -0.15) is 0 Å². The van der Waals surface area contributed by atoms with Crippen LogP contribution in [-0.4, -0.2) is 29.6 Å². The smallest absolute Gasteiger partial charge is 0.302 e. The van der Waals surface area contributed by atoms with Gasteiger partial charge in [0.05, 0.1) is 6.61 Å². The van der Waals surface area contributed by atoms with Crippen LogP contribution in [0.4, 0.5) is 0 Å². The summed E-state index contributed by atoms with van der Waals surface area (Å²) in [4.78, 5) is 12.4. The Morgan fingerprint density at radius 1 is 0.939 bits per heavy atom. The van der Waals surface area contributed by atoms with Crippen molar-refractivity contribution in [2.24, 2.45) is 51.2 Å². The zero-order chi connectivity index (χ0) is 24.0. The van der Waals surface area contributed by atoms with Crippen molar-refractivity contribution in [1.82, 2.24) is 0 Å². The molecule has 5 fully saturated rings. The van der Waals surface area contributed by atoms with E-state index in [9.17, 15) is 9.90 Å². The first-order valence-corrected chi connectivity index (χ1v) is 13.9. The molecule has 4 saturated carbocycles. The lowest BCUT2D eigenvalue weighted by atomic mass is 9.34. The molecule has 0 aromatic carbocycles. The second-order valence-corrected chi connectivity index (χ2v) is 13.9. The van der Waals surface area contributed by atoms with E-state index in [0.29, 0.717) is 29.3 Å². The van der Waals surface area contributed by atoms with E-state index in [1.165, 1.54) is 38.5 Å². The molecule has 1 aliphatic heterocycles. The quantitative estimate of drug-likeness (QED) is 0.488. The van der Waals surface area contributed by atoms with E-state index < -0.39 is 5.79 Å². The van der Waals surface area contributed by atoms with Crippen molar-refractivity contribution < 1.29 is 19.4 Å². The number of hydrogen-bond donors (Lipinski definition) is 1. The predicted octanol–water partition coefficient (Wildman–Crippen LogP) is 6.35. The van der Waals surface area contributed by atoms with Crippen molar-refractivity contribution in [3.8, 4) is 0 Å². The zero-order valence-electron chi connectivity index (χ0n) is 22.2. The molecule has 1 heterocycles. The summed E-state index contributed by atoms with van der Waals surface area (Å²) in [6.45, 7) is 16.5. The van der Waals surface area contributed by atoms with Crippen LogP contribution >= 0.6 is 0 Å². The molecule has 0 spiro atoms. The Labute approximate surface area is 201 Å². The Morgan fingerprint density at radius 3 is 2.30 bits per heavy atom. The van der Waals surface area contributed by atoms with Crippen LogP contribution in [0.15, 0.2) is 0 Å². The van der Waals surface area contributed by atoms with Crippen molar-refractivity contribution in [3.63, 3.8) is 0 Å². The maximum Gasteiger partial charge on any atom is 0.302 e. The first-order chi connectivity index (χ1) is 15.3. The van der Waals surface area contributed by atoms with Gasteiger partial charge < -0.3 is 14.6 Å². The normalized spacial score (nSPS) is 57.9. The van der Waals surface area contributed by atoms with Gasteiger partial charge in [-0.3, -0.25) is 4.79 Å². The average molecular weight is 461 g/mol. The Morgan fingerprint density at radius 2 is 1.64 bits per heavy atom. The van der Waals surface area contributed by atoms with Gasteiger partial charge >= 0.3 is 5.97 Å². The first kappa shape index (κ1) is 24.1. The molecule has 4 aliphatic carbocycles. The Hall–Kier alpha value is -0.610. The van der Waals surface area contributed by atoms with Crippen LogP contribution in [-0.2, 0) is 14.3 Å². The zero-order valence-corrected chi connectivity index (χ0v) is 22.2. The second-order valence-electron chi connectivity index (χ2n) is 13.9. The number of aliphatic hydroxyl groups is 1. The molecule has 1 N–H and O–H groups in total. The fourth-order valence-electron chi connectivity index (χ4n) is 11.1. The SMILES string of the molecule is CC[C@@]1(C)CCC[C@]2(C)[C@H]3C[C@H](OC(C)=O)[C@]4(C)[C@H]5CO[C@](C)(O)C5CC[C@H]4[C@]3(C)CC[C@@H]12. The van der Waals surface area contributed by atoms with Gasteiger partial charge in [0.15, 0.2) is 5.79 Å². The van der Waals surface area contributed by atoms with Crippen LogP contribution in [0.1, 0.15) is 106 Å². The van der Waals surface area contributed by atoms with E-state index in [-0.39, 0.29) is 34.7 Å². The Balaban J connectivity index is 1.59. The summed E-state index contributed by atoms with van der Waals surface area (Å²) >= 11 is 0. The van der Waals surface area contributed by atoms with E-state index in [2.05, 4.69) is 34.6 Å². The molecule has 1 unspecified atom stereocenters. The predicted molar refractivity (Wildman–Crippen MR) is 129 cm³/mol. The van der Waals surface area contributed by atoms with Gasteiger partial charge in [0.25, 0.3) is 0 Å². The Bertz CT molecular complexity index is 807. The maximum absolute atomic E-state index is 12.4. The third-order valence-electron chi connectivity index (χ3n) is 12.8. The number of fused-ring (bicyclic) bond motifs is 7. The van der Waals surface area contributed by atoms with Crippen LogP contribution < -0.4 is 0 Å². The molecule has 5 aliphatic rings. The number of ether oxygens (including phenoxy) is 2. The summed E-state index contributed by atoms with van der Waals surface area (Å²) in [5.41, 5.74) is 0.847. The van der Waals surface area contributed by atoms with E-state index in [1.54, 1.807) is 6.92 Å². The molecule has 0 bridgehead atoms.